The monoisotopic (exact) mass is 200 g/mol. The molecule has 28 valence electrons. The molecule has 0 aliphatic rings. The van der Waals surface area contributed by atoms with Crippen molar-refractivity contribution in [2.24, 2.45) is 0 Å². The first-order valence-corrected chi connectivity index (χ1v) is 0.928. The molecule has 0 aromatic heterocycles. The molecular weight excluding hydrogens is 193 g/mol. The first-order valence-electron chi connectivity index (χ1n) is 0.928. The molecule has 0 atom stereocenters. The van der Waals surface area contributed by atoms with Gasteiger partial charge in [0.05, 0.1) is 0 Å². The predicted molar refractivity (Wildman–Crippen MR) is 21.3 cm³/mol. The van der Waals surface area contributed by atoms with Crippen molar-refractivity contribution in [3.63, 3.8) is 0 Å². The maximum atomic E-state index is 9.00. The fourth-order valence-corrected chi connectivity index (χ4v) is 0. The van der Waals surface area contributed by atoms with E-state index >= 15 is 0 Å². The number of carbonyl (C=O) groups is 1. The zero-order valence-electron chi connectivity index (χ0n) is 5.06. The zero-order valence-corrected chi connectivity index (χ0v) is 7.50. The molecule has 0 saturated carbocycles. The molecule has 0 amide bonds. The smallest absolute Gasteiger partial charge is 1.00 e. The van der Waals surface area contributed by atoms with Crippen LogP contribution in [0, 0.1) is 0 Å². The van der Waals surface area contributed by atoms with E-state index in [1.165, 1.54) is 0 Å². The van der Waals surface area contributed by atoms with Gasteiger partial charge >= 0.3 is 48.9 Å². The third-order valence-electron chi connectivity index (χ3n) is 0. The molecule has 0 rings (SSSR count). The molecule has 0 spiro atoms. The number of rotatable bonds is 0. The van der Waals surface area contributed by atoms with Gasteiger partial charge in [0.2, 0.25) is 0 Å². The quantitative estimate of drug-likeness (QED) is 0.555. The molecule has 0 aromatic carbocycles. The molecule has 0 aromatic rings. The Morgan fingerprint density at radius 2 is 2.00 bits per heavy atom. The van der Waals surface area contributed by atoms with Gasteiger partial charge in [-0.05, 0) is 0 Å². The first kappa shape index (κ1) is 9.40. The normalized spacial score (nSPS) is 5.00. The Hall–Kier alpha value is 1.04. The minimum atomic E-state index is -0.833. The van der Waals surface area contributed by atoms with Crippen LogP contribution in [-0.2, 0) is 4.79 Å². The van der Waals surface area contributed by atoms with Gasteiger partial charge in [0.15, 0.2) is 0 Å². The summed E-state index contributed by atoms with van der Waals surface area (Å²) >= 11 is 0. The fraction of sp³-hybridized carbons (Fsp3) is 0.500. The van der Waals surface area contributed by atoms with Crippen molar-refractivity contribution >= 4 is 54.9 Å². The molecule has 3 heteroatoms. The molecule has 0 saturated heterocycles. The number of hydrogen-bond donors (Lipinski definition) is 1. The molecule has 0 heterocycles. The maximum absolute atomic E-state index is 9.00. The van der Waals surface area contributed by atoms with Crippen molar-refractivity contribution in [2.45, 2.75) is 6.92 Å². The fourth-order valence-electron chi connectivity index (χ4n) is 0. The van der Waals surface area contributed by atoms with Gasteiger partial charge in [-0.25, -0.2) is 0 Å². The van der Waals surface area contributed by atoms with Gasteiger partial charge in [-0.15, -0.1) is 0 Å². The van der Waals surface area contributed by atoms with Crippen LogP contribution in [-0.4, -0.2) is 60.0 Å². The molecule has 0 fully saturated rings. The summed E-state index contributed by atoms with van der Waals surface area (Å²) in [4.78, 5) is 9.00. The summed E-state index contributed by atoms with van der Waals surface area (Å²) in [6.07, 6.45) is 0. The number of carboxylic acid groups (broad SMARTS) is 1. The Bertz CT molecular complexity index is 36.7. The van der Waals surface area contributed by atoms with E-state index in [0.717, 1.165) is 6.92 Å². The number of hydrogen-bond acceptors (Lipinski definition) is 1. The van der Waals surface area contributed by atoms with Crippen molar-refractivity contribution in [1.29, 1.82) is 0 Å². The van der Waals surface area contributed by atoms with Crippen molar-refractivity contribution < 1.29 is 12.8 Å². The van der Waals surface area contributed by atoms with Crippen LogP contribution in [0.25, 0.3) is 0 Å². The standard InChI is InChI=1S/C2H4O2.Ba.2H/c1-2(3)4;;;/h1H3,(H,3,4);;;/q;+2;2*-1. The summed E-state index contributed by atoms with van der Waals surface area (Å²) < 4.78 is 0. The SMILES string of the molecule is CC(=O)O.[Ba+2].[H-].[H-]. The molecule has 0 unspecified atom stereocenters. The molecular formula is C2H6BaO2. The summed E-state index contributed by atoms with van der Waals surface area (Å²) in [6, 6.07) is 0. The maximum Gasteiger partial charge on any atom is 2.00 e. The van der Waals surface area contributed by atoms with E-state index in [1.54, 1.807) is 0 Å². The van der Waals surface area contributed by atoms with Crippen LogP contribution in [0.2, 0.25) is 0 Å². The van der Waals surface area contributed by atoms with Crippen LogP contribution >= 0.6 is 0 Å². The molecule has 2 nitrogen and oxygen atoms in total. The first-order chi connectivity index (χ1) is 1.73. The average molecular weight is 199 g/mol. The second-order valence-electron chi connectivity index (χ2n) is 0.519. The zero-order chi connectivity index (χ0) is 3.58. The van der Waals surface area contributed by atoms with Crippen molar-refractivity contribution in [2.75, 3.05) is 0 Å². The predicted octanol–water partition coefficient (Wildman–Crippen LogP) is -0.0649. The Morgan fingerprint density at radius 3 is 2.00 bits per heavy atom. The summed E-state index contributed by atoms with van der Waals surface area (Å²) in [6.45, 7) is 1.08. The molecule has 0 aliphatic heterocycles. The average Bonchev–Trinajstić information content (AvgIpc) is 0.811. The van der Waals surface area contributed by atoms with E-state index in [2.05, 4.69) is 0 Å². The number of aliphatic carboxylic acids is 1. The van der Waals surface area contributed by atoms with Crippen LogP contribution in [0.1, 0.15) is 9.78 Å². The van der Waals surface area contributed by atoms with E-state index in [0.29, 0.717) is 0 Å². The van der Waals surface area contributed by atoms with Crippen LogP contribution in [0.3, 0.4) is 0 Å². The van der Waals surface area contributed by atoms with Crippen LogP contribution < -0.4 is 0 Å². The van der Waals surface area contributed by atoms with Crippen LogP contribution in [0.4, 0.5) is 0 Å². The van der Waals surface area contributed by atoms with Crippen LogP contribution in [0.5, 0.6) is 0 Å². The molecule has 0 radical (unpaired) electrons. The minimum Gasteiger partial charge on any atom is -1.00 e. The van der Waals surface area contributed by atoms with E-state index < -0.39 is 5.97 Å². The van der Waals surface area contributed by atoms with E-state index in [9.17, 15) is 0 Å². The van der Waals surface area contributed by atoms with Gasteiger partial charge in [-0.1, -0.05) is 0 Å². The van der Waals surface area contributed by atoms with Gasteiger partial charge in [0.1, 0.15) is 0 Å². The van der Waals surface area contributed by atoms with Gasteiger partial charge in [-0.2, -0.15) is 0 Å². The molecule has 0 aliphatic carbocycles. The Morgan fingerprint density at radius 1 is 2.00 bits per heavy atom. The van der Waals surface area contributed by atoms with Crippen LogP contribution in [0.15, 0.2) is 0 Å². The number of carboxylic acids is 1. The topological polar surface area (TPSA) is 37.3 Å². The summed E-state index contributed by atoms with van der Waals surface area (Å²) in [5.74, 6) is -0.833. The second kappa shape index (κ2) is 5.04. The molecule has 5 heavy (non-hydrogen) atoms. The Balaban J connectivity index is -0.0000000150. The van der Waals surface area contributed by atoms with Crippen molar-refractivity contribution in [3.8, 4) is 0 Å². The van der Waals surface area contributed by atoms with Gasteiger partial charge in [-0.3, -0.25) is 4.79 Å². The van der Waals surface area contributed by atoms with E-state index in [1.807, 2.05) is 0 Å². The van der Waals surface area contributed by atoms with Crippen molar-refractivity contribution in [3.05, 3.63) is 0 Å². The summed E-state index contributed by atoms with van der Waals surface area (Å²) in [5.41, 5.74) is 0. The van der Waals surface area contributed by atoms with Gasteiger partial charge < -0.3 is 7.96 Å². The Kier molecular flexibility index (Phi) is 9.48. The molecule has 1 N–H and O–H groups in total. The second-order valence-corrected chi connectivity index (χ2v) is 0.519. The molecule has 0 bridgehead atoms. The third kappa shape index (κ3) is 43.0. The summed E-state index contributed by atoms with van der Waals surface area (Å²) in [7, 11) is 0. The summed E-state index contributed by atoms with van der Waals surface area (Å²) in [5, 5.41) is 7.42. The largest absolute Gasteiger partial charge is 2.00 e. The van der Waals surface area contributed by atoms with Gasteiger partial charge in [0.25, 0.3) is 5.97 Å². The third-order valence-corrected chi connectivity index (χ3v) is 0. The van der Waals surface area contributed by atoms with Crippen molar-refractivity contribution in [1.82, 2.24) is 0 Å². The van der Waals surface area contributed by atoms with E-state index in [-0.39, 0.29) is 51.7 Å². The Labute approximate surface area is 73.6 Å². The van der Waals surface area contributed by atoms with Gasteiger partial charge in [0, 0.05) is 6.92 Å². The van der Waals surface area contributed by atoms with E-state index in [4.69, 9.17) is 9.90 Å². The minimum absolute atomic E-state index is 0.